The minimum Gasteiger partial charge on any atom is -0.249 e. The number of rotatable bonds is 5. The predicted octanol–water partition coefficient (Wildman–Crippen LogP) is 2.70. The van der Waals surface area contributed by atoms with Crippen LogP contribution < -0.4 is 0 Å². The Hall–Kier alpha value is -0.860. The van der Waals surface area contributed by atoms with Gasteiger partial charge in [-0.2, -0.15) is 0 Å². The molecule has 0 N–H and O–H groups in total. The zero-order valence-corrected chi connectivity index (χ0v) is 10.6. The van der Waals surface area contributed by atoms with E-state index in [1.165, 1.54) is 11.4 Å². The van der Waals surface area contributed by atoms with E-state index < -0.39 is 0 Å². The van der Waals surface area contributed by atoms with E-state index in [-0.39, 0.29) is 0 Å². The van der Waals surface area contributed by atoms with Gasteiger partial charge in [0.1, 0.15) is 0 Å². The quantitative estimate of drug-likeness (QED) is 0.746. The summed E-state index contributed by atoms with van der Waals surface area (Å²) in [6, 6.07) is 0. The summed E-state index contributed by atoms with van der Waals surface area (Å²) in [7, 11) is 0. The van der Waals surface area contributed by atoms with Crippen LogP contribution >= 0.6 is 0 Å². The largest absolute Gasteiger partial charge is 0.249 e. The molecule has 1 aromatic heterocycles. The first-order chi connectivity index (χ1) is 7.04. The molecule has 0 saturated heterocycles. The minimum absolute atomic E-state index is 0.651. The van der Waals surface area contributed by atoms with E-state index in [1.807, 2.05) is 4.68 Å². The third kappa shape index (κ3) is 3.33. The Morgan fingerprint density at radius 1 is 1.07 bits per heavy atom. The molecule has 1 aromatic rings. The van der Waals surface area contributed by atoms with Crippen molar-refractivity contribution in [2.75, 3.05) is 0 Å². The zero-order valence-electron chi connectivity index (χ0n) is 10.6. The fourth-order valence-corrected chi connectivity index (χ4v) is 1.78. The van der Waals surface area contributed by atoms with Crippen LogP contribution in [0.15, 0.2) is 0 Å². The summed E-state index contributed by atoms with van der Waals surface area (Å²) in [5.74, 6) is 1.32. The van der Waals surface area contributed by atoms with Crippen LogP contribution in [0.4, 0.5) is 0 Å². The number of nitrogens with zero attached hydrogens (tertiary/aromatic N) is 3. The van der Waals surface area contributed by atoms with E-state index in [9.17, 15) is 0 Å². The maximum Gasteiger partial charge on any atom is 0.0861 e. The lowest BCUT2D eigenvalue weighted by Gasteiger charge is -2.09. The molecule has 0 aliphatic heterocycles. The predicted molar refractivity (Wildman–Crippen MR) is 62.8 cm³/mol. The lowest BCUT2D eigenvalue weighted by molar-refractivity contribution is 0.549. The molecule has 3 heteroatoms. The third-order valence-corrected chi connectivity index (χ3v) is 2.42. The van der Waals surface area contributed by atoms with E-state index >= 15 is 0 Å². The average Bonchev–Trinajstić information content (AvgIpc) is 2.47. The summed E-state index contributed by atoms with van der Waals surface area (Å²) < 4.78 is 2.04. The molecule has 15 heavy (non-hydrogen) atoms. The van der Waals surface area contributed by atoms with Gasteiger partial charge in [-0.1, -0.05) is 32.9 Å². The molecule has 0 bridgehead atoms. The highest BCUT2D eigenvalue weighted by molar-refractivity contribution is 5.11. The van der Waals surface area contributed by atoms with Gasteiger partial charge in [-0.3, -0.25) is 0 Å². The molecule has 0 unspecified atom stereocenters. The van der Waals surface area contributed by atoms with E-state index in [2.05, 4.69) is 44.9 Å². The van der Waals surface area contributed by atoms with Gasteiger partial charge in [-0.25, -0.2) is 4.68 Å². The standard InChI is InChI=1S/C12H23N3/c1-6-15-12(8-10(4)5)11(13-14-15)7-9(2)3/h9-10H,6-8H2,1-5H3. The van der Waals surface area contributed by atoms with E-state index in [0.717, 1.165) is 19.4 Å². The van der Waals surface area contributed by atoms with Gasteiger partial charge in [0.25, 0.3) is 0 Å². The highest BCUT2D eigenvalue weighted by atomic mass is 15.4. The van der Waals surface area contributed by atoms with Gasteiger partial charge >= 0.3 is 0 Å². The SMILES string of the molecule is CCn1nnc(CC(C)C)c1CC(C)C. The molecule has 0 atom stereocenters. The first-order valence-corrected chi connectivity index (χ1v) is 5.95. The number of hydrogen-bond acceptors (Lipinski definition) is 2. The highest BCUT2D eigenvalue weighted by Crippen LogP contribution is 2.15. The summed E-state index contributed by atoms with van der Waals surface area (Å²) >= 11 is 0. The molecule has 0 saturated carbocycles. The van der Waals surface area contributed by atoms with Gasteiger partial charge in [0.2, 0.25) is 0 Å². The Kier molecular flexibility index (Phi) is 4.30. The maximum absolute atomic E-state index is 4.29. The Morgan fingerprint density at radius 2 is 1.67 bits per heavy atom. The molecule has 0 aliphatic carbocycles. The zero-order chi connectivity index (χ0) is 11.4. The van der Waals surface area contributed by atoms with Gasteiger partial charge in [0.15, 0.2) is 0 Å². The fraction of sp³-hybridized carbons (Fsp3) is 0.833. The lowest BCUT2D eigenvalue weighted by Crippen LogP contribution is -2.08. The van der Waals surface area contributed by atoms with Crippen molar-refractivity contribution in [2.24, 2.45) is 11.8 Å². The van der Waals surface area contributed by atoms with Crippen molar-refractivity contribution in [2.45, 2.75) is 54.0 Å². The minimum atomic E-state index is 0.651. The highest BCUT2D eigenvalue weighted by Gasteiger charge is 2.14. The second-order valence-corrected chi connectivity index (χ2v) is 4.99. The summed E-state index contributed by atoms with van der Waals surface area (Å²) in [4.78, 5) is 0. The molecule has 86 valence electrons. The molecule has 1 heterocycles. The Morgan fingerprint density at radius 3 is 2.13 bits per heavy atom. The smallest absolute Gasteiger partial charge is 0.0861 e. The molecule has 0 amide bonds. The Balaban J connectivity index is 2.89. The summed E-state index contributed by atoms with van der Waals surface area (Å²) in [6.45, 7) is 12.0. The summed E-state index contributed by atoms with van der Waals surface area (Å²) in [5, 5.41) is 8.50. The number of aromatic nitrogens is 3. The first kappa shape index (κ1) is 12.2. The van der Waals surface area contributed by atoms with Crippen LogP contribution in [-0.4, -0.2) is 15.0 Å². The van der Waals surface area contributed by atoms with Crippen molar-refractivity contribution in [3.8, 4) is 0 Å². The van der Waals surface area contributed by atoms with Crippen LogP contribution in [-0.2, 0) is 19.4 Å². The number of aryl methyl sites for hydroxylation is 1. The maximum atomic E-state index is 4.29. The van der Waals surface area contributed by atoms with E-state index in [4.69, 9.17) is 0 Å². The van der Waals surface area contributed by atoms with Crippen LogP contribution in [0.1, 0.15) is 46.0 Å². The van der Waals surface area contributed by atoms with Crippen LogP contribution in [0.3, 0.4) is 0 Å². The molecule has 0 spiro atoms. The second kappa shape index (κ2) is 5.29. The topological polar surface area (TPSA) is 30.7 Å². The van der Waals surface area contributed by atoms with E-state index in [1.54, 1.807) is 0 Å². The monoisotopic (exact) mass is 209 g/mol. The van der Waals surface area contributed by atoms with Gasteiger partial charge in [-0.15, -0.1) is 5.10 Å². The van der Waals surface area contributed by atoms with Crippen molar-refractivity contribution in [1.29, 1.82) is 0 Å². The molecular formula is C12H23N3. The summed E-state index contributed by atoms with van der Waals surface area (Å²) in [5.41, 5.74) is 2.53. The molecule has 3 nitrogen and oxygen atoms in total. The van der Waals surface area contributed by atoms with Crippen LogP contribution in [0.25, 0.3) is 0 Å². The molecule has 0 aromatic carbocycles. The van der Waals surface area contributed by atoms with Crippen LogP contribution in [0.2, 0.25) is 0 Å². The van der Waals surface area contributed by atoms with Gasteiger partial charge in [0, 0.05) is 6.54 Å². The lowest BCUT2D eigenvalue weighted by atomic mass is 10.0. The van der Waals surface area contributed by atoms with Gasteiger partial charge in [-0.05, 0) is 31.6 Å². The number of hydrogen-bond donors (Lipinski definition) is 0. The first-order valence-electron chi connectivity index (χ1n) is 5.95. The molecule has 0 radical (unpaired) electrons. The van der Waals surface area contributed by atoms with Crippen molar-refractivity contribution < 1.29 is 0 Å². The van der Waals surface area contributed by atoms with Crippen molar-refractivity contribution >= 4 is 0 Å². The van der Waals surface area contributed by atoms with Gasteiger partial charge < -0.3 is 0 Å². The van der Waals surface area contributed by atoms with Crippen molar-refractivity contribution in [3.63, 3.8) is 0 Å². The molecule has 0 fully saturated rings. The van der Waals surface area contributed by atoms with Gasteiger partial charge in [0.05, 0.1) is 11.4 Å². The Labute approximate surface area is 92.9 Å². The average molecular weight is 209 g/mol. The molecule has 1 rings (SSSR count). The third-order valence-electron chi connectivity index (χ3n) is 2.42. The van der Waals surface area contributed by atoms with Crippen LogP contribution in [0, 0.1) is 11.8 Å². The Bertz CT molecular complexity index is 300. The van der Waals surface area contributed by atoms with Crippen molar-refractivity contribution in [3.05, 3.63) is 11.4 Å². The fourth-order valence-electron chi connectivity index (χ4n) is 1.78. The molecule has 0 aliphatic rings. The normalized spacial score (nSPS) is 11.7. The van der Waals surface area contributed by atoms with Crippen LogP contribution in [0.5, 0.6) is 0 Å². The van der Waals surface area contributed by atoms with Crippen molar-refractivity contribution in [1.82, 2.24) is 15.0 Å². The second-order valence-electron chi connectivity index (χ2n) is 4.99. The molecular weight excluding hydrogens is 186 g/mol. The van der Waals surface area contributed by atoms with E-state index in [0.29, 0.717) is 11.8 Å². The summed E-state index contributed by atoms with van der Waals surface area (Å²) in [6.07, 6.45) is 2.13.